The summed E-state index contributed by atoms with van der Waals surface area (Å²) in [5.41, 5.74) is 2.47. The van der Waals surface area contributed by atoms with Gasteiger partial charge in [0.05, 0.1) is 6.61 Å². The molecule has 0 amide bonds. The molecular formula is C18H22N4OS+2. The summed E-state index contributed by atoms with van der Waals surface area (Å²) in [6, 6.07) is 10.5. The van der Waals surface area contributed by atoms with Crippen LogP contribution < -0.4 is 9.80 Å². The molecule has 0 spiro atoms. The molecule has 3 aromatic rings. The van der Waals surface area contributed by atoms with Gasteiger partial charge in [0.1, 0.15) is 49.3 Å². The molecular weight excluding hydrogens is 320 g/mol. The molecule has 0 aliphatic carbocycles. The first kappa shape index (κ1) is 15.7. The summed E-state index contributed by atoms with van der Waals surface area (Å²) < 4.78 is 0. The molecule has 0 radical (unpaired) electrons. The van der Waals surface area contributed by atoms with Crippen LogP contribution in [0.3, 0.4) is 0 Å². The first-order chi connectivity index (χ1) is 11.9. The maximum Gasteiger partial charge on any atom is 0.238 e. The fourth-order valence-corrected chi connectivity index (χ4v) is 4.44. The van der Waals surface area contributed by atoms with Crippen LogP contribution in [0.1, 0.15) is 0 Å². The number of hydrogen-bond donors (Lipinski definition) is 3. The lowest BCUT2D eigenvalue weighted by molar-refractivity contribution is -0.986. The second kappa shape index (κ2) is 6.94. The normalized spacial score (nSPS) is 21.2. The van der Waals surface area contributed by atoms with Gasteiger partial charge in [0.25, 0.3) is 0 Å². The molecule has 4 rings (SSSR count). The third-order valence-corrected chi connectivity index (χ3v) is 5.70. The standard InChI is InChI=1S/C18H20N4OS/c23-11-10-21-6-8-22(9-7-21)17-16-15(14-4-2-1-3-5-14)12-24-18(16)20-13-19-17/h1-5,12-13,23H,6-11H2/p+2. The molecule has 2 aromatic heterocycles. The van der Waals surface area contributed by atoms with E-state index in [0.717, 1.165) is 43.4 Å². The van der Waals surface area contributed by atoms with Crippen molar-refractivity contribution in [2.45, 2.75) is 0 Å². The van der Waals surface area contributed by atoms with Crippen LogP contribution in [0.4, 0.5) is 5.82 Å². The quantitative estimate of drug-likeness (QED) is 0.614. The van der Waals surface area contributed by atoms with E-state index in [1.54, 1.807) is 17.7 Å². The minimum absolute atomic E-state index is 0.269. The topological polar surface area (TPSA) is 54.9 Å². The Morgan fingerprint density at radius 1 is 1.04 bits per heavy atom. The van der Waals surface area contributed by atoms with Crippen LogP contribution in [0.2, 0.25) is 0 Å². The summed E-state index contributed by atoms with van der Waals surface area (Å²) in [5.74, 6) is 1.13. The van der Waals surface area contributed by atoms with Crippen molar-refractivity contribution >= 4 is 27.4 Å². The SMILES string of the molecule is OCC[NH+]1CC[NH+](c2ncnc3scc(-c4ccccc4)c23)CC1. The average Bonchev–Trinajstić information content (AvgIpc) is 3.08. The lowest BCUT2D eigenvalue weighted by atomic mass is 10.1. The Morgan fingerprint density at radius 2 is 1.83 bits per heavy atom. The van der Waals surface area contributed by atoms with Crippen molar-refractivity contribution in [3.63, 3.8) is 0 Å². The van der Waals surface area contributed by atoms with E-state index in [-0.39, 0.29) is 6.61 Å². The number of hydrogen-bond acceptors (Lipinski definition) is 4. The Balaban J connectivity index is 1.70. The van der Waals surface area contributed by atoms with E-state index in [1.165, 1.54) is 26.3 Å². The average molecular weight is 342 g/mol. The van der Waals surface area contributed by atoms with Crippen molar-refractivity contribution in [3.8, 4) is 11.1 Å². The van der Waals surface area contributed by atoms with Crippen LogP contribution >= 0.6 is 11.3 Å². The molecule has 0 atom stereocenters. The third-order valence-electron chi connectivity index (χ3n) is 4.82. The zero-order valence-corrected chi connectivity index (χ0v) is 14.4. The molecule has 3 heterocycles. The third kappa shape index (κ3) is 2.93. The highest BCUT2D eigenvalue weighted by atomic mass is 32.1. The van der Waals surface area contributed by atoms with Crippen LogP contribution in [0.25, 0.3) is 21.3 Å². The van der Waals surface area contributed by atoms with E-state index in [4.69, 9.17) is 5.11 Å². The van der Waals surface area contributed by atoms with Crippen molar-refractivity contribution in [3.05, 3.63) is 42.0 Å². The van der Waals surface area contributed by atoms with Gasteiger partial charge < -0.3 is 10.0 Å². The molecule has 1 saturated heterocycles. The van der Waals surface area contributed by atoms with Gasteiger partial charge in [-0.1, -0.05) is 30.3 Å². The molecule has 124 valence electrons. The second-order valence-corrected chi connectivity index (χ2v) is 7.10. The van der Waals surface area contributed by atoms with Gasteiger partial charge in [0, 0.05) is 10.9 Å². The van der Waals surface area contributed by atoms with E-state index in [9.17, 15) is 0 Å². The molecule has 1 aromatic carbocycles. The van der Waals surface area contributed by atoms with Crippen LogP contribution in [0, 0.1) is 0 Å². The minimum atomic E-state index is 0.269. The van der Waals surface area contributed by atoms with Gasteiger partial charge in [-0.2, -0.15) is 4.98 Å². The van der Waals surface area contributed by atoms with Crippen molar-refractivity contribution in [2.75, 3.05) is 39.3 Å². The van der Waals surface area contributed by atoms with Crippen LogP contribution in [0.15, 0.2) is 42.0 Å². The predicted octanol–water partition coefficient (Wildman–Crippen LogP) is -0.234. The number of nitrogens with zero attached hydrogens (tertiary/aromatic N) is 2. The number of benzene rings is 1. The highest BCUT2D eigenvalue weighted by molar-refractivity contribution is 7.17. The van der Waals surface area contributed by atoms with Crippen molar-refractivity contribution in [1.29, 1.82) is 0 Å². The zero-order chi connectivity index (χ0) is 16.4. The lowest BCUT2D eigenvalue weighted by Crippen LogP contribution is -3.26. The number of nitrogens with one attached hydrogen (secondary N) is 2. The van der Waals surface area contributed by atoms with E-state index < -0.39 is 0 Å². The summed E-state index contributed by atoms with van der Waals surface area (Å²) in [5, 5.41) is 12.5. The van der Waals surface area contributed by atoms with Gasteiger partial charge in [-0.25, -0.2) is 4.98 Å². The van der Waals surface area contributed by atoms with E-state index >= 15 is 0 Å². The molecule has 0 unspecified atom stereocenters. The van der Waals surface area contributed by atoms with Gasteiger partial charge in [-0.15, -0.1) is 11.3 Å². The van der Waals surface area contributed by atoms with E-state index in [1.807, 2.05) is 6.07 Å². The summed E-state index contributed by atoms with van der Waals surface area (Å²) in [7, 11) is 0. The highest BCUT2D eigenvalue weighted by Crippen LogP contribution is 2.35. The molecule has 5 nitrogen and oxygen atoms in total. The van der Waals surface area contributed by atoms with Crippen molar-refractivity contribution in [1.82, 2.24) is 9.97 Å². The van der Waals surface area contributed by atoms with Gasteiger partial charge in [0.15, 0.2) is 0 Å². The van der Waals surface area contributed by atoms with Gasteiger partial charge >= 0.3 is 0 Å². The number of aliphatic hydroxyl groups excluding tert-OH is 1. The van der Waals surface area contributed by atoms with Crippen molar-refractivity contribution in [2.24, 2.45) is 0 Å². The minimum Gasteiger partial charge on any atom is -0.391 e. The fraction of sp³-hybridized carbons (Fsp3) is 0.333. The molecule has 0 bridgehead atoms. The molecule has 6 heteroatoms. The fourth-order valence-electron chi connectivity index (χ4n) is 3.52. The first-order valence-electron chi connectivity index (χ1n) is 8.44. The Morgan fingerprint density at radius 3 is 2.58 bits per heavy atom. The maximum absolute atomic E-state index is 9.13. The van der Waals surface area contributed by atoms with E-state index in [0.29, 0.717) is 0 Å². The molecule has 3 N–H and O–H groups in total. The summed E-state index contributed by atoms with van der Waals surface area (Å²) >= 11 is 1.69. The van der Waals surface area contributed by atoms with Crippen LogP contribution in [0.5, 0.6) is 0 Å². The van der Waals surface area contributed by atoms with Crippen LogP contribution in [-0.2, 0) is 0 Å². The first-order valence-corrected chi connectivity index (χ1v) is 9.32. The smallest absolute Gasteiger partial charge is 0.238 e. The van der Waals surface area contributed by atoms with Gasteiger partial charge in [-0.3, -0.25) is 4.90 Å². The van der Waals surface area contributed by atoms with Gasteiger partial charge in [0.2, 0.25) is 5.82 Å². The summed E-state index contributed by atoms with van der Waals surface area (Å²) in [6.45, 7) is 5.36. The van der Waals surface area contributed by atoms with Crippen molar-refractivity contribution < 1.29 is 14.9 Å². The number of quaternary nitrogens is 2. The number of aromatic nitrogens is 2. The van der Waals surface area contributed by atoms with Gasteiger partial charge in [-0.05, 0) is 5.56 Å². The molecule has 24 heavy (non-hydrogen) atoms. The number of fused-ring (bicyclic) bond motifs is 1. The summed E-state index contributed by atoms with van der Waals surface area (Å²) in [6.07, 6.45) is 1.70. The number of rotatable bonds is 4. The largest absolute Gasteiger partial charge is 0.391 e. The molecule has 1 aliphatic heterocycles. The second-order valence-electron chi connectivity index (χ2n) is 6.24. The number of piperazine rings is 1. The Kier molecular flexibility index (Phi) is 4.53. The number of thiophene rings is 1. The molecule has 0 saturated carbocycles. The number of aliphatic hydroxyl groups is 1. The molecule has 1 fully saturated rings. The molecule has 1 aliphatic rings. The van der Waals surface area contributed by atoms with E-state index in [2.05, 4.69) is 39.6 Å². The highest BCUT2D eigenvalue weighted by Gasteiger charge is 2.28. The maximum atomic E-state index is 9.13. The lowest BCUT2D eigenvalue weighted by Gasteiger charge is -2.28. The Hall–Kier alpha value is -1.86. The summed E-state index contributed by atoms with van der Waals surface area (Å²) in [4.78, 5) is 13.1. The monoisotopic (exact) mass is 342 g/mol. The van der Waals surface area contributed by atoms with Crippen LogP contribution in [-0.4, -0.2) is 54.4 Å². The zero-order valence-electron chi connectivity index (χ0n) is 13.5. The Labute approximate surface area is 145 Å². The Bertz CT molecular complexity index is 812. The predicted molar refractivity (Wildman–Crippen MR) is 95.9 cm³/mol.